The molecule has 4 rings (SSSR count). The number of rotatable bonds is 8. The molecule has 0 unspecified atom stereocenters. The highest BCUT2D eigenvalue weighted by molar-refractivity contribution is 7.89. The van der Waals surface area contributed by atoms with E-state index in [2.05, 4.69) is 4.98 Å². The van der Waals surface area contributed by atoms with Crippen LogP contribution in [-0.2, 0) is 23.0 Å². The molecule has 1 aromatic heterocycles. The van der Waals surface area contributed by atoms with E-state index in [1.54, 1.807) is 67.3 Å². The molecule has 1 heterocycles. The van der Waals surface area contributed by atoms with Gasteiger partial charge < -0.3 is 9.47 Å². The summed E-state index contributed by atoms with van der Waals surface area (Å²) in [6.07, 6.45) is 2.11. The van der Waals surface area contributed by atoms with Crippen LogP contribution >= 0.6 is 0 Å². The van der Waals surface area contributed by atoms with Gasteiger partial charge in [-0.1, -0.05) is 24.3 Å². The third-order valence-electron chi connectivity index (χ3n) is 5.83. The fourth-order valence-corrected chi connectivity index (χ4v) is 4.98. The van der Waals surface area contributed by atoms with Gasteiger partial charge >= 0.3 is 0 Å². The van der Waals surface area contributed by atoms with Crippen molar-refractivity contribution < 1.29 is 17.9 Å². The van der Waals surface area contributed by atoms with E-state index in [4.69, 9.17) is 9.47 Å². The highest BCUT2D eigenvalue weighted by Crippen LogP contribution is 2.30. The molecular weight excluding hydrogens is 466 g/mol. The van der Waals surface area contributed by atoms with E-state index in [1.165, 1.54) is 24.7 Å². The van der Waals surface area contributed by atoms with Gasteiger partial charge in [0.1, 0.15) is 11.5 Å². The summed E-state index contributed by atoms with van der Waals surface area (Å²) >= 11 is 0. The van der Waals surface area contributed by atoms with Crippen LogP contribution in [0.5, 0.6) is 11.5 Å². The summed E-state index contributed by atoms with van der Waals surface area (Å²) in [5, 5.41) is 0.422. The van der Waals surface area contributed by atoms with Gasteiger partial charge in [-0.15, -0.1) is 0 Å². The summed E-state index contributed by atoms with van der Waals surface area (Å²) in [6.45, 7) is 0.411. The van der Waals surface area contributed by atoms with E-state index in [-0.39, 0.29) is 10.5 Å². The molecule has 0 aliphatic carbocycles. The summed E-state index contributed by atoms with van der Waals surface area (Å²) in [5.74, 6) is 1.36. The minimum Gasteiger partial charge on any atom is -0.497 e. The molecule has 0 fully saturated rings. The molecule has 182 valence electrons. The second-order valence-electron chi connectivity index (χ2n) is 8.23. The van der Waals surface area contributed by atoms with Gasteiger partial charge in [0.2, 0.25) is 10.0 Å². The van der Waals surface area contributed by atoms with Crippen LogP contribution in [0, 0.1) is 0 Å². The summed E-state index contributed by atoms with van der Waals surface area (Å²) in [6, 6.07) is 17.6. The monoisotopic (exact) mass is 493 g/mol. The van der Waals surface area contributed by atoms with Gasteiger partial charge in [0.15, 0.2) is 0 Å². The molecule has 0 saturated carbocycles. The largest absolute Gasteiger partial charge is 0.497 e. The maximum Gasteiger partial charge on any atom is 0.261 e. The summed E-state index contributed by atoms with van der Waals surface area (Å²) in [7, 11) is 2.51. The van der Waals surface area contributed by atoms with Crippen LogP contribution in [0.4, 0.5) is 0 Å². The lowest BCUT2D eigenvalue weighted by Crippen LogP contribution is -2.23. The minimum atomic E-state index is -3.66. The lowest BCUT2D eigenvalue weighted by atomic mass is 10.0. The Labute approximate surface area is 204 Å². The Morgan fingerprint density at radius 1 is 0.943 bits per heavy atom. The predicted molar refractivity (Wildman–Crippen MR) is 136 cm³/mol. The summed E-state index contributed by atoms with van der Waals surface area (Å²) < 4.78 is 39.1. The topological polar surface area (TPSA) is 90.7 Å². The van der Waals surface area contributed by atoms with E-state index in [1.807, 2.05) is 12.1 Å². The number of hydrogen-bond acceptors (Lipinski definition) is 6. The number of fused-ring (bicyclic) bond motifs is 1. The number of methoxy groups -OCH3 is 2. The van der Waals surface area contributed by atoms with Gasteiger partial charge in [-0.05, 0) is 47.9 Å². The van der Waals surface area contributed by atoms with Crippen molar-refractivity contribution in [2.75, 3.05) is 28.3 Å². The van der Waals surface area contributed by atoms with Gasteiger partial charge in [-0.2, -0.15) is 0 Å². The number of benzene rings is 3. The predicted octanol–water partition coefficient (Wildman–Crippen LogP) is 3.57. The van der Waals surface area contributed by atoms with Gasteiger partial charge in [-0.25, -0.2) is 17.7 Å². The highest BCUT2D eigenvalue weighted by Gasteiger charge is 2.22. The van der Waals surface area contributed by atoms with Crippen LogP contribution in [0.3, 0.4) is 0 Å². The Balaban J connectivity index is 1.72. The van der Waals surface area contributed by atoms with Crippen LogP contribution < -0.4 is 15.0 Å². The SMILES string of the molecule is COc1cc(CCn2cnc3ccc(-c4ccccc4S(=O)(=O)N(C)C)cc3c2=O)cc(OC)c1. The van der Waals surface area contributed by atoms with Gasteiger partial charge in [0.05, 0.1) is 36.3 Å². The first-order valence-electron chi connectivity index (χ1n) is 11.0. The van der Waals surface area contributed by atoms with Gasteiger partial charge in [-0.3, -0.25) is 9.36 Å². The minimum absolute atomic E-state index is 0.181. The van der Waals surface area contributed by atoms with Crippen LogP contribution in [0.1, 0.15) is 5.56 Å². The molecule has 0 aliphatic rings. The lowest BCUT2D eigenvalue weighted by molar-refractivity contribution is 0.393. The summed E-state index contributed by atoms with van der Waals surface area (Å²) in [4.78, 5) is 17.9. The van der Waals surface area contributed by atoms with E-state index in [0.29, 0.717) is 46.5 Å². The molecule has 0 radical (unpaired) electrons. The molecule has 0 amide bonds. The van der Waals surface area contributed by atoms with Crippen molar-refractivity contribution in [1.82, 2.24) is 13.9 Å². The Morgan fingerprint density at radius 3 is 2.29 bits per heavy atom. The maximum absolute atomic E-state index is 13.3. The first kappa shape index (κ1) is 24.4. The van der Waals surface area contributed by atoms with Gasteiger partial charge in [0, 0.05) is 32.3 Å². The molecule has 8 nitrogen and oxygen atoms in total. The Bertz CT molecular complexity index is 1520. The average Bonchev–Trinajstić information content (AvgIpc) is 2.87. The molecule has 9 heteroatoms. The van der Waals surface area contributed by atoms with E-state index in [0.717, 1.165) is 5.56 Å². The molecule has 0 spiro atoms. The quantitative estimate of drug-likeness (QED) is 0.373. The van der Waals surface area contributed by atoms with Crippen LogP contribution in [0.25, 0.3) is 22.0 Å². The number of sulfonamides is 1. The molecule has 0 aliphatic heterocycles. The zero-order valence-electron chi connectivity index (χ0n) is 20.1. The standard InChI is InChI=1S/C26H27N3O5S/c1-28(2)35(31,32)25-8-6-5-7-22(25)19-9-10-24-23(15-19)26(30)29(17-27-24)12-11-18-13-20(33-3)16-21(14-18)34-4/h5-10,13-17H,11-12H2,1-4H3. The molecule has 0 saturated heterocycles. The van der Waals surface area contributed by atoms with Crippen molar-refractivity contribution in [3.05, 3.63) is 82.9 Å². The Kier molecular flexibility index (Phi) is 6.90. The maximum atomic E-state index is 13.3. The average molecular weight is 494 g/mol. The Hall–Kier alpha value is -3.69. The van der Waals surface area contributed by atoms with Crippen LogP contribution in [0.2, 0.25) is 0 Å². The van der Waals surface area contributed by atoms with Crippen molar-refractivity contribution >= 4 is 20.9 Å². The van der Waals surface area contributed by atoms with Crippen molar-refractivity contribution in [2.45, 2.75) is 17.9 Å². The van der Waals surface area contributed by atoms with E-state index < -0.39 is 10.0 Å². The third-order valence-corrected chi connectivity index (χ3v) is 7.71. The normalized spacial score (nSPS) is 11.7. The van der Waals surface area contributed by atoms with Crippen molar-refractivity contribution in [2.24, 2.45) is 0 Å². The Morgan fingerprint density at radius 2 is 1.63 bits per heavy atom. The van der Waals surface area contributed by atoms with Gasteiger partial charge in [0.25, 0.3) is 5.56 Å². The first-order valence-corrected chi connectivity index (χ1v) is 12.4. The number of nitrogens with zero attached hydrogens (tertiary/aromatic N) is 3. The lowest BCUT2D eigenvalue weighted by Gasteiger charge is -2.15. The fourth-order valence-electron chi connectivity index (χ4n) is 3.87. The fraction of sp³-hybridized carbons (Fsp3) is 0.231. The third kappa shape index (κ3) is 4.91. The van der Waals surface area contributed by atoms with E-state index >= 15 is 0 Å². The zero-order valence-corrected chi connectivity index (χ0v) is 20.9. The smallest absolute Gasteiger partial charge is 0.261 e. The van der Waals surface area contributed by atoms with Crippen molar-refractivity contribution in [3.63, 3.8) is 0 Å². The van der Waals surface area contributed by atoms with Crippen LogP contribution in [0.15, 0.2) is 76.7 Å². The molecule has 3 aromatic carbocycles. The van der Waals surface area contributed by atoms with Crippen LogP contribution in [-0.4, -0.2) is 50.6 Å². The van der Waals surface area contributed by atoms with Crippen molar-refractivity contribution in [3.8, 4) is 22.6 Å². The molecule has 0 N–H and O–H groups in total. The van der Waals surface area contributed by atoms with E-state index in [9.17, 15) is 13.2 Å². The molecule has 4 aromatic rings. The number of aryl methyl sites for hydroxylation is 2. The number of hydrogen-bond donors (Lipinski definition) is 0. The molecule has 0 atom stereocenters. The molecular formula is C26H27N3O5S. The second kappa shape index (κ2) is 9.89. The first-order chi connectivity index (χ1) is 16.7. The second-order valence-corrected chi connectivity index (χ2v) is 10.3. The highest BCUT2D eigenvalue weighted by atomic mass is 32.2. The summed E-state index contributed by atoms with van der Waals surface area (Å²) in [5.41, 5.74) is 2.48. The zero-order chi connectivity index (χ0) is 25.2. The molecule has 0 bridgehead atoms. The van der Waals surface area contributed by atoms with Crippen molar-refractivity contribution in [1.29, 1.82) is 0 Å². The molecule has 35 heavy (non-hydrogen) atoms. The number of ether oxygens (including phenoxy) is 2. The number of aromatic nitrogens is 2.